The zero-order chi connectivity index (χ0) is 13.8. The molecule has 1 N–H and O–H groups in total. The van der Waals surface area contributed by atoms with Gasteiger partial charge in [0.2, 0.25) is 5.91 Å². The van der Waals surface area contributed by atoms with Crippen LogP contribution in [-0.4, -0.2) is 29.1 Å². The quantitative estimate of drug-likeness (QED) is 0.828. The number of rotatable bonds is 5. The first-order chi connectivity index (χ1) is 9.21. The van der Waals surface area contributed by atoms with Crippen LogP contribution in [0.5, 0.6) is 0 Å². The van der Waals surface area contributed by atoms with E-state index in [9.17, 15) is 4.79 Å². The molecule has 3 heteroatoms. The first kappa shape index (κ1) is 14.8. The van der Waals surface area contributed by atoms with Gasteiger partial charge in [-0.15, -0.1) is 0 Å². The second kappa shape index (κ2) is 6.74. The zero-order valence-electron chi connectivity index (χ0n) is 12.8. The summed E-state index contributed by atoms with van der Waals surface area (Å²) < 4.78 is 0. The second-order valence-electron chi connectivity index (χ2n) is 6.26. The van der Waals surface area contributed by atoms with Gasteiger partial charge in [-0.25, -0.2) is 0 Å². The molecule has 0 aromatic heterocycles. The molecule has 2 rings (SSSR count). The monoisotopic (exact) mass is 266 g/mol. The van der Waals surface area contributed by atoms with E-state index in [1.807, 2.05) is 0 Å². The fourth-order valence-corrected chi connectivity index (χ4v) is 3.77. The van der Waals surface area contributed by atoms with Crippen LogP contribution < -0.4 is 5.32 Å². The molecule has 2 fully saturated rings. The third-order valence-electron chi connectivity index (χ3n) is 5.04. The van der Waals surface area contributed by atoms with Gasteiger partial charge in [-0.1, -0.05) is 33.6 Å². The summed E-state index contributed by atoms with van der Waals surface area (Å²) in [6.45, 7) is 6.61. The standard InChI is InChI=1S/C16H30N2O/c1-4-7-15-17-14(6-3)16(19)18(15)13-10-8-12(5-2)9-11-13/h12-15,17H,4-11H2,1-3H3. The Bertz CT molecular complexity index is 297. The summed E-state index contributed by atoms with van der Waals surface area (Å²) in [4.78, 5) is 14.7. The lowest BCUT2D eigenvalue weighted by Crippen LogP contribution is -2.46. The van der Waals surface area contributed by atoms with Gasteiger partial charge in [0, 0.05) is 6.04 Å². The Morgan fingerprint density at radius 3 is 2.32 bits per heavy atom. The number of nitrogens with one attached hydrogen (secondary N) is 1. The molecule has 3 nitrogen and oxygen atoms in total. The van der Waals surface area contributed by atoms with Crippen LogP contribution in [0.2, 0.25) is 0 Å². The SMILES string of the molecule is CCCC1NC(CC)C(=O)N1C1CCC(CC)CC1. The molecule has 0 aromatic carbocycles. The zero-order valence-corrected chi connectivity index (χ0v) is 12.8. The summed E-state index contributed by atoms with van der Waals surface area (Å²) in [6.07, 6.45) is 9.78. The van der Waals surface area contributed by atoms with Crippen molar-refractivity contribution < 1.29 is 4.79 Å². The highest BCUT2D eigenvalue weighted by molar-refractivity contribution is 5.84. The van der Waals surface area contributed by atoms with E-state index in [1.165, 1.54) is 32.1 Å². The van der Waals surface area contributed by atoms with Crippen molar-refractivity contribution in [3.05, 3.63) is 0 Å². The van der Waals surface area contributed by atoms with Crippen molar-refractivity contribution in [3.63, 3.8) is 0 Å². The molecule has 1 heterocycles. The van der Waals surface area contributed by atoms with Crippen LogP contribution in [0, 0.1) is 5.92 Å². The highest BCUT2D eigenvalue weighted by Gasteiger charge is 2.41. The molecule has 1 saturated heterocycles. The van der Waals surface area contributed by atoms with Crippen molar-refractivity contribution in [2.24, 2.45) is 5.92 Å². The van der Waals surface area contributed by atoms with Crippen molar-refractivity contribution >= 4 is 5.91 Å². The average Bonchev–Trinajstić information content (AvgIpc) is 2.75. The van der Waals surface area contributed by atoms with E-state index >= 15 is 0 Å². The van der Waals surface area contributed by atoms with E-state index in [-0.39, 0.29) is 6.04 Å². The van der Waals surface area contributed by atoms with E-state index in [0.29, 0.717) is 18.1 Å². The summed E-state index contributed by atoms with van der Waals surface area (Å²) in [5, 5.41) is 3.54. The lowest BCUT2D eigenvalue weighted by Gasteiger charge is -2.37. The molecule has 2 aliphatic rings. The topological polar surface area (TPSA) is 32.3 Å². The maximum atomic E-state index is 12.5. The van der Waals surface area contributed by atoms with E-state index in [4.69, 9.17) is 0 Å². The molecule has 0 spiro atoms. The van der Waals surface area contributed by atoms with E-state index in [2.05, 4.69) is 31.0 Å². The third-order valence-corrected chi connectivity index (χ3v) is 5.04. The van der Waals surface area contributed by atoms with Crippen molar-refractivity contribution in [1.82, 2.24) is 10.2 Å². The van der Waals surface area contributed by atoms with Gasteiger partial charge in [-0.3, -0.25) is 10.1 Å². The number of nitrogens with zero attached hydrogens (tertiary/aromatic N) is 1. The number of carbonyl (C=O) groups excluding carboxylic acids is 1. The number of carbonyl (C=O) groups is 1. The Balaban J connectivity index is 2.01. The summed E-state index contributed by atoms with van der Waals surface area (Å²) in [5.74, 6) is 1.26. The molecule has 1 amide bonds. The smallest absolute Gasteiger partial charge is 0.241 e. The lowest BCUT2D eigenvalue weighted by atomic mass is 9.83. The second-order valence-corrected chi connectivity index (χ2v) is 6.26. The van der Waals surface area contributed by atoms with Crippen LogP contribution in [0.3, 0.4) is 0 Å². The van der Waals surface area contributed by atoms with Gasteiger partial charge in [-0.05, 0) is 44.4 Å². The molecule has 1 saturated carbocycles. The van der Waals surface area contributed by atoms with E-state index in [1.54, 1.807) is 0 Å². The minimum atomic E-state index is 0.0699. The molecular weight excluding hydrogens is 236 g/mol. The molecular formula is C16H30N2O. The highest BCUT2D eigenvalue weighted by atomic mass is 16.2. The minimum absolute atomic E-state index is 0.0699. The van der Waals surface area contributed by atoms with Crippen molar-refractivity contribution in [2.75, 3.05) is 0 Å². The summed E-state index contributed by atoms with van der Waals surface area (Å²) >= 11 is 0. The highest BCUT2D eigenvalue weighted by Crippen LogP contribution is 2.32. The van der Waals surface area contributed by atoms with E-state index in [0.717, 1.165) is 25.2 Å². The lowest BCUT2D eigenvalue weighted by molar-refractivity contribution is -0.133. The third kappa shape index (κ3) is 3.13. The van der Waals surface area contributed by atoms with Crippen LogP contribution in [0.25, 0.3) is 0 Å². The predicted molar refractivity (Wildman–Crippen MR) is 78.8 cm³/mol. The molecule has 1 aliphatic carbocycles. The molecule has 0 bridgehead atoms. The predicted octanol–water partition coefficient (Wildman–Crippen LogP) is 3.29. The van der Waals surface area contributed by atoms with E-state index < -0.39 is 0 Å². The van der Waals surface area contributed by atoms with Crippen LogP contribution >= 0.6 is 0 Å². The maximum absolute atomic E-state index is 12.5. The van der Waals surface area contributed by atoms with Gasteiger partial charge >= 0.3 is 0 Å². The average molecular weight is 266 g/mol. The Labute approximate surface area is 118 Å². The first-order valence-corrected chi connectivity index (χ1v) is 8.29. The molecule has 110 valence electrons. The van der Waals surface area contributed by atoms with Crippen LogP contribution in [-0.2, 0) is 4.79 Å². The number of amides is 1. The molecule has 2 unspecified atom stereocenters. The molecule has 0 radical (unpaired) electrons. The van der Waals surface area contributed by atoms with Gasteiger partial charge in [-0.2, -0.15) is 0 Å². The molecule has 2 atom stereocenters. The number of hydrogen-bond donors (Lipinski definition) is 1. The van der Waals surface area contributed by atoms with Crippen molar-refractivity contribution in [2.45, 2.75) is 90.4 Å². The first-order valence-electron chi connectivity index (χ1n) is 8.29. The summed E-state index contributed by atoms with van der Waals surface area (Å²) in [5.41, 5.74) is 0. The Morgan fingerprint density at radius 2 is 1.79 bits per heavy atom. The van der Waals surface area contributed by atoms with Gasteiger partial charge in [0.1, 0.15) is 0 Å². The van der Waals surface area contributed by atoms with Crippen molar-refractivity contribution in [1.29, 1.82) is 0 Å². The minimum Gasteiger partial charge on any atom is -0.323 e. The maximum Gasteiger partial charge on any atom is 0.241 e. The fourth-order valence-electron chi connectivity index (χ4n) is 3.77. The number of hydrogen-bond acceptors (Lipinski definition) is 2. The molecule has 0 aromatic rings. The van der Waals surface area contributed by atoms with Gasteiger partial charge in [0.15, 0.2) is 0 Å². The molecule has 19 heavy (non-hydrogen) atoms. The Kier molecular flexibility index (Phi) is 5.26. The van der Waals surface area contributed by atoms with Gasteiger partial charge < -0.3 is 4.90 Å². The fraction of sp³-hybridized carbons (Fsp3) is 0.938. The summed E-state index contributed by atoms with van der Waals surface area (Å²) in [7, 11) is 0. The largest absolute Gasteiger partial charge is 0.323 e. The van der Waals surface area contributed by atoms with Crippen molar-refractivity contribution in [3.8, 4) is 0 Å². The van der Waals surface area contributed by atoms with Crippen LogP contribution in [0.1, 0.15) is 72.1 Å². The Hall–Kier alpha value is -0.570. The summed E-state index contributed by atoms with van der Waals surface area (Å²) in [6, 6.07) is 0.566. The van der Waals surface area contributed by atoms with Crippen LogP contribution in [0.4, 0.5) is 0 Å². The van der Waals surface area contributed by atoms with Crippen LogP contribution in [0.15, 0.2) is 0 Å². The van der Waals surface area contributed by atoms with Gasteiger partial charge in [0.25, 0.3) is 0 Å². The van der Waals surface area contributed by atoms with Gasteiger partial charge in [0.05, 0.1) is 12.2 Å². The normalized spacial score (nSPS) is 35.9. The molecule has 1 aliphatic heterocycles. The Morgan fingerprint density at radius 1 is 1.11 bits per heavy atom.